The summed E-state index contributed by atoms with van der Waals surface area (Å²) >= 11 is 3.24. The van der Waals surface area contributed by atoms with Gasteiger partial charge in [0.2, 0.25) is 11.8 Å². The van der Waals surface area contributed by atoms with Crippen LogP contribution >= 0.6 is 15.9 Å². The number of hydrogen-bond acceptors (Lipinski definition) is 5. The summed E-state index contributed by atoms with van der Waals surface area (Å²) in [6, 6.07) is 4.33. The zero-order valence-corrected chi connectivity index (χ0v) is 12.5. The molecule has 2 rings (SSSR count). The van der Waals surface area contributed by atoms with E-state index in [2.05, 4.69) is 25.9 Å². The van der Waals surface area contributed by atoms with Gasteiger partial charge in [0, 0.05) is 4.47 Å². The molecule has 0 aliphatic rings. The molecule has 0 amide bonds. The highest BCUT2D eigenvalue weighted by Gasteiger charge is 2.14. The molecule has 2 N–H and O–H groups in total. The molecule has 106 valence electrons. The molecule has 7 heteroatoms. The summed E-state index contributed by atoms with van der Waals surface area (Å²) in [7, 11) is 0. The van der Waals surface area contributed by atoms with Crippen molar-refractivity contribution in [2.45, 2.75) is 20.0 Å². The molecule has 0 atom stereocenters. The van der Waals surface area contributed by atoms with Gasteiger partial charge in [0.05, 0.1) is 6.10 Å². The smallest absolute Gasteiger partial charge is 0.249 e. The fourth-order valence-electron chi connectivity index (χ4n) is 1.42. The van der Waals surface area contributed by atoms with Crippen LogP contribution in [0.1, 0.15) is 13.8 Å². The molecule has 0 saturated carbocycles. The van der Waals surface area contributed by atoms with Gasteiger partial charge in [0.1, 0.15) is 6.33 Å². The van der Waals surface area contributed by atoms with Gasteiger partial charge in [-0.2, -0.15) is 9.97 Å². The molecule has 20 heavy (non-hydrogen) atoms. The standard InChI is InChI=1S/C13H13BrFN3O2/c1-7(2)19-12-11(16)13(18-6-17-12)20-10-5-8(14)3-4-9(10)15/h3-7H,16H2,1-2H3. The first-order chi connectivity index (χ1) is 9.47. The van der Waals surface area contributed by atoms with Gasteiger partial charge in [0.15, 0.2) is 17.3 Å². The van der Waals surface area contributed by atoms with Gasteiger partial charge in [-0.15, -0.1) is 0 Å². The Kier molecular flexibility index (Phi) is 4.39. The van der Waals surface area contributed by atoms with E-state index in [0.29, 0.717) is 4.47 Å². The number of rotatable bonds is 4. The van der Waals surface area contributed by atoms with E-state index < -0.39 is 5.82 Å². The maximum Gasteiger partial charge on any atom is 0.249 e. The molecule has 0 fully saturated rings. The number of benzene rings is 1. The number of aromatic nitrogens is 2. The normalized spacial score (nSPS) is 10.7. The van der Waals surface area contributed by atoms with Gasteiger partial charge >= 0.3 is 0 Å². The molecule has 0 aliphatic heterocycles. The minimum Gasteiger partial charge on any atom is -0.473 e. The number of halogens is 2. The van der Waals surface area contributed by atoms with E-state index in [1.807, 2.05) is 13.8 Å². The van der Waals surface area contributed by atoms with Gasteiger partial charge in [-0.3, -0.25) is 0 Å². The van der Waals surface area contributed by atoms with E-state index in [4.69, 9.17) is 15.2 Å². The maximum absolute atomic E-state index is 13.6. The monoisotopic (exact) mass is 341 g/mol. The van der Waals surface area contributed by atoms with Crippen LogP contribution < -0.4 is 15.2 Å². The number of anilines is 1. The van der Waals surface area contributed by atoms with Gasteiger partial charge in [0.25, 0.3) is 0 Å². The minimum absolute atomic E-state index is 0.0141. The van der Waals surface area contributed by atoms with E-state index in [1.165, 1.54) is 18.5 Å². The predicted molar refractivity (Wildman–Crippen MR) is 76.4 cm³/mol. The van der Waals surface area contributed by atoms with Crippen molar-refractivity contribution in [2.24, 2.45) is 0 Å². The Bertz CT molecular complexity index is 623. The molecule has 1 aromatic heterocycles. The Morgan fingerprint density at radius 3 is 2.65 bits per heavy atom. The fraction of sp³-hybridized carbons (Fsp3) is 0.231. The van der Waals surface area contributed by atoms with Crippen LogP contribution in [0.5, 0.6) is 17.5 Å². The lowest BCUT2D eigenvalue weighted by Crippen LogP contribution is -2.10. The van der Waals surface area contributed by atoms with Crippen LogP contribution in [0.4, 0.5) is 10.1 Å². The topological polar surface area (TPSA) is 70.3 Å². The summed E-state index contributed by atoms with van der Waals surface area (Å²) in [5.41, 5.74) is 5.98. The first-order valence-electron chi connectivity index (χ1n) is 5.87. The number of nitrogen functional groups attached to an aromatic ring is 1. The maximum atomic E-state index is 13.6. The second kappa shape index (κ2) is 6.04. The van der Waals surface area contributed by atoms with Crippen molar-refractivity contribution in [1.82, 2.24) is 9.97 Å². The molecule has 0 aliphatic carbocycles. The number of nitrogens with zero attached hydrogens (tertiary/aromatic N) is 2. The molecular formula is C13H13BrFN3O2. The Labute approximate surface area is 124 Å². The Hall–Kier alpha value is -1.89. The molecule has 0 unspecified atom stereocenters. The Morgan fingerprint density at radius 2 is 1.95 bits per heavy atom. The molecule has 0 spiro atoms. The average Bonchev–Trinajstić information content (AvgIpc) is 2.38. The lowest BCUT2D eigenvalue weighted by Gasteiger charge is -2.13. The highest BCUT2D eigenvalue weighted by atomic mass is 79.9. The predicted octanol–water partition coefficient (Wildman–Crippen LogP) is 3.54. The molecule has 2 aromatic rings. The zero-order valence-electron chi connectivity index (χ0n) is 10.9. The molecule has 1 heterocycles. The van der Waals surface area contributed by atoms with Gasteiger partial charge < -0.3 is 15.2 Å². The van der Waals surface area contributed by atoms with Crippen molar-refractivity contribution in [1.29, 1.82) is 0 Å². The lowest BCUT2D eigenvalue weighted by molar-refractivity contribution is 0.232. The average molecular weight is 342 g/mol. The van der Waals surface area contributed by atoms with E-state index in [0.717, 1.165) is 0 Å². The summed E-state index contributed by atoms with van der Waals surface area (Å²) in [6.07, 6.45) is 1.15. The quantitative estimate of drug-likeness (QED) is 0.920. The first kappa shape index (κ1) is 14.5. The van der Waals surface area contributed by atoms with Crippen LogP contribution in [0.25, 0.3) is 0 Å². The summed E-state index contributed by atoms with van der Waals surface area (Å²) in [5, 5.41) is 0. The summed E-state index contributed by atoms with van der Waals surface area (Å²) in [5.74, 6) is -0.245. The van der Waals surface area contributed by atoms with Crippen LogP contribution in [-0.4, -0.2) is 16.1 Å². The summed E-state index contributed by atoms with van der Waals surface area (Å²) in [4.78, 5) is 7.81. The van der Waals surface area contributed by atoms with Crippen molar-refractivity contribution in [2.75, 3.05) is 5.73 Å². The SMILES string of the molecule is CC(C)Oc1ncnc(Oc2cc(Br)ccc2F)c1N. The van der Waals surface area contributed by atoms with Crippen molar-refractivity contribution < 1.29 is 13.9 Å². The van der Waals surface area contributed by atoms with Crippen molar-refractivity contribution >= 4 is 21.6 Å². The molecule has 0 saturated heterocycles. The number of ether oxygens (including phenoxy) is 2. The van der Waals surface area contributed by atoms with E-state index >= 15 is 0 Å². The first-order valence-corrected chi connectivity index (χ1v) is 6.66. The number of nitrogens with two attached hydrogens (primary N) is 1. The Morgan fingerprint density at radius 1 is 1.25 bits per heavy atom. The van der Waals surface area contributed by atoms with Gasteiger partial charge in [-0.25, -0.2) is 4.39 Å². The van der Waals surface area contributed by atoms with Crippen LogP contribution in [0.2, 0.25) is 0 Å². The second-order valence-corrected chi connectivity index (χ2v) is 5.16. The third kappa shape index (κ3) is 3.36. The second-order valence-electron chi connectivity index (χ2n) is 4.24. The van der Waals surface area contributed by atoms with Crippen LogP contribution in [0, 0.1) is 5.82 Å². The highest BCUT2D eigenvalue weighted by molar-refractivity contribution is 9.10. The molecule has 0 radical (unpaired) electrons. The summed E-state index contributed by atoms with van der Waals surface area (Å²) in [6.45, 7) is 3.69. The fourth-order valence-corrected chi connectivity index (χ4v) is 1.76. The lowest BCUT2D eigenvalue weighted by atomic mass is 10.3. The van der Waals surface area contributed by atoms with Crippen molar-refractivity contribution in [3.8, 4) is 17.5 Å². The largest absolute Gasteiger partial charge is 0.473 e. The molecule has 1 aromatic carbocycles. The Balaban J connectivity index is 2.32. The zero-order chi connectivity index (χ0) is 14.7. The molecular weight excluding hydrogens is 329 g/mol. The third-order valence-electron chi connectivity index (χ3n) is 2.26. The van der Waals surface area contributed by atoms with Crippen molar-refractivity contribution in [3.05, 3.63) is 34.8 Å². The highest BCUT2D eigenvalue weighted by Crippen LogP contribution is 2.33. The number of hydrogen-bond donors (Lipinski definition) is 1. The minimum atomic E-state index is -0.516. The molecule has 5 nitrogen and oxygen atoms in total. The van der Waals surface area contributed by atoms with E-state index in [-0.39, 0.29) is 29.3 Å². The van der Waals surface area contributed by atoms with Crippen LogP contribution in [-0.2, 0) is 0 Å². The van der Waals surface area contributed by atoms with E-state index in [9.17, 15) is 4.39 Å². The molecule has 0 bridgehead atoms. The van der Waals surface area contributed by atoms with Gasteiger partial charge in [-0.05, 0) is 32.0 Å². The van der Waals surface area contributed by atoms with Gasteiger partial charge in [-0.1, -0.05) is 15.9 Å². The summed E-state index contributed by atoms with van der Waals surface area (Å²) < 4.78 is 25.1. The van der Waals surface area contributed by atoms with Crippen LogP contribution in [0.3, 0.4) is 0 Å². The van der Waals surface area contributed by atoms with E-state index in [1.54, 1.807) is 6.07 Å². The van der Waals surface area contributed by atoms with Crippen LogP contribution in [0.15, 0.2) is 29.0 Å². The third-order valence-corrected chi connectivity index (χ3v) is 2.75. The van der Waals surface area contributed by atoms with Crippen molar-refractivity contribution in [3.63, 3.8) is 0 Å².